The van der Waals surface area contributed by atoms with Gasteiger partial charge in [-0.1, -0.05) is 36.4 Å². The molecule has 0 unspecified atom stereocenters. The Morgan fingerprint density at radius 2 is 2.08 bits per heavy atom. The van der Waals surface area contributed by atoms with E-state index >= 15 is 0 Å². The van der Waals surface area contributed by atoms with Gasteiger partial charge in [-0.2, -0.15) is 9.97 Å². The lowest BCUT2D eigenvalue weighted by molar-refractivity contribution is 0.187. The summed E-state index contributed by atoms with van der Waals surface area (Å²) in [6, 6.07) is 9.48. The summed E-state index contributed by atoms with van der Waals surface area (Å²) in [5.74, 6) is 0.138. The number of anilines is 2. The second-order valence-corrected chi connectivity index (χ2v) is 12.7. The highest BCUT2D eigenvalue weighted by atomic mass is 35.5. The molecule has 3 heterocycles. The van der Waals surface area contributed by atoms with Crippen molar-refractivity contribution in [3.05, 3.63) is 64.4 Å². The molecule has 0 radical (unpaired) electrons. The van der Waals surface area contributed by atoms with Crippen LogP contribution < -0.4 is 14.5 Å². The number of ether oxygens (including phenoxy) is 1. The van der Waals surface area contributed by atoms with Gasteiger partial charge in [0.15, 0.2) is 9.84 Å². The number of hydrogen-bond acceptors (Lipinski definition) is 8. The van der Waals surface area contributed by atoms with Crippen LogP contribution >= 0.6 is 11.6 Å². The van der Waals surface area contributed by atoms with Gasteiger partial charge in [0.2, 0.25) is 0 Å². The SMILES string of the molecule is C=CS(=O)(=O)CCN(C)c1nc(OC[C@@H]2CCCN2C)nc2c1CCN(c1cccc3ccc(F)c(Cl)c13)C2. The van der Waals surface area contributed by atoms with E-state index in [1.807, 2.05) is 30.1 Å². The van der Waals surface area contributed by atoms with Crippen LogP contribution in [0.5, 0.6) is 6.01 Å². The molecule has 11 heteroatoms. The van der Waals surface area contributed by atoms with Crippen LogP contribution in [0, 0.1) is 5.82 Å². The van der Waals surface area contributed by atoms with Crippen LogP contribution in [-0.2, 0) is 22.8 Å². The Bertz CT molecular complexity index is 1500. The topological polar surface area (TPSA) is 78.9 Å². The number of aromatic nitrogens is 2. The van der Waals surface area contributed by atoms with Crippen LogP contribution in [0.3, 0.4) is 0 Å². The smallest absolute Gasteiger partial charge is 0.318 e. The minimum absolute atomic E-state index is 0.0684. The van der Waals surface area contributed by atoms with Crippen molar-refractivity contribution in [2.75, 3.05) is 55.9 Å². The van der Waals surface area contributed by atoms with Gasteiger partial charge in [0.25, 0.3) is 0 Å². The van der Waals surface area contributed by atoms with E-state index in [0.29, 0.717) is 43.4 Å². The maximum absolute atomic E-state index is 14.4. The van der Waals surface area contributed by atoms with E-state index in [-0.39, 0.29) is 23.3 Å². The van der Waals surface area contributed by atoms with Crippen LogP contribution in [0.2, 0.25) is 5.02 Å². The summed E-state index contributed by atoms with van der Waals surface area (Å²) in [5, 5.41) is 2.62. The zero-order valence-electron chi connectivity index (χ0n) is 22.2. The fourth-order valence-electron chi connectivity index (χ4n) is 5.34. The number of halogens is 2. The monoisotopic (exact) mass is 573 g/mol. The lowest BCUT2D eigenvalue weighted by atomic mass is 10.0. The van der Waals surface area contributed by atoms with Crippen molar-refractivity contribution >= 4 is 43.7 Å². The Morgan fingerprint density at radius 1 is 1.26 bits per heavy atom. The van der Waals surface area contributed by atoms with Crippen LogP contribution in [0.15, 0.2) is 42.3 Å². The van der Waals surface area contributed by atoms with Crippen LogP contribution in [-0.4, -0.2) is 75.4 Å². The molecule has 208 valence electrons. The maximum atomic E-state index is 14.4. The predicted octanol–water partition coefficient (Wildman–Crippen LogP) is 4.45. The van der Waals surface area contributed by atoms with Crippen molar-refractivity contribution in [1.82, 2.24) is 14.9 Å². The van der Waals surface area contributed by atoms with E-state index in [0.717, 1.165) is 47.1 Å². The van der Waals surface area contributed by atoms with E-state index in [1.54, 1.807) is 6.07 Å². The highest BCUT2D eigenvalue weighted by Gasteiger charge is 2.28. The molecule has 0 N–H and O–H groups in total. The van der Waals surface area contributed by atoms with Gasteiger partial charge in [0.1, 0.15) is 18.2 Å². The number of benzene rings is 2. The van der Waals surface area contributed by atoms with Crippen LogP contribution in [0.4, 0.5) is 15.9 Å². The highest BCUT2D eigenvalue weighted by Crippen LogP contribution is 2.37. The van der Waals surface area contributed by atoms with E-state index in [9.17, 15) is 12.8 Å². The van der Waals surface area contributed by atoms with Crippen LogP contribution in [0.1, 0.15) is 24.1 Å². The molecule has 0 bridgehead atoms. The first-order valence-electron chi connectivity index (χ1n) is 13.1. The first-order valence-corrected chi connectivity index (χ1v) is 15.2. The standard InChI is InChI=1S/C28H33ClFN5O3S/c1-4-39(36,37)16-15-34(3)27-21-12-14-35(24-9-5-7-19-10-11-22(30)26(29)25(19)24)17-23(21)31-28(32-27)38-18-20-8-6-13-33(20)2/h4-5,7,9-11,20H,1,6,8,12-18H2,2-3H3/t20-/m0/s1. The normalized spacial score (nSPS) is 17.8. The lowest BCUT2D eigenvalue weighted by Gasteiger charge is -2.33. The third-order valence-corrected chi connectivity index (χ3v) is 9.31. The van der Waals surface area contributed by atoms with E-state index in [4.69, 9.17) is 26.3 Å². The Hall–Kier alpha value is -2.95. The first kappa shape index (κ1) is 27.6. The average Bonchev–Trinajstić information content (AvgIpc) is 3.36. The number of nitrogens with zero attached hydrogens (tertiary/aromatic N) is 5. The summed E-state index contributed by atoms with van der Waals surface area (Å²) in [6.45, 7) is 6.27. The molecule has 1 fully saturated rings. The summed E-state index contributed by atoms with van der Waals surface area (Å²) in [7, 11) is 0.552. The van der Waals surface area contributed by atoms with Gasteiger partial charge in [0, 0.05) is 48.2 Å². The van der Waals surface area contributed by atoms with Gasteiger partial charge >= 0.3 is 6.01 Å². The number of sulfone groups is 1. The molecule has 3 aromatic rings. The van der Waals surface area contributed by atoms with Gasteiger partial charge in [-0.25, -0.2) is 12.8 Å². The summed E-state index contributed by atoms with van der Waals surface area (Å²) in [5.41, 5.74) is 2.58. The summed E-state index contributed by atoms with van der Waals surface area (Å²) < 4.78 is 44.7. The Balaban J connectivity index is 1.48. The molecule has 0 saturated carbocycles. The van der Waals surface area contributed by atoms with E-state index in [1.165, 1.54) is 6.07 Å². The first-order chi connectivity index (χ1) is 18.7. The molecule has 5 rings (SSSR count). The van der Waals surface area contributed by atoms with Gasteiger partial charge in [-0.05, 0) is 50.4 Å². The third-order valence-electron chi connectivity index (χ3n) is 7.68. The Kier molecular flexibility index (Phi) is 7.98. The van der Waals surface area contributed by atoms with Gasteiger partial charge in [0.05, 0.1) is 23.0 Å². The third kappa shape index (κ3) is 5.83. The molecule has 1 atom stereocenters. The maximum Gasteiger partial charge on any atom is 0.318 e. The Labute approximate surface area is 234 Å². The quantitative estimate of drug-likeness (QED) is 0.371. The number of fused-ring (bicyclic) bond motifs is 2. The molecule has 1 saturated heterocycles. The van der Waals surface area contributed by atoms with Crippen molar-refractivity contribution in [1.29, 1.82) is 0 Å². The van der Waals surface area contributed by atoms with Gasteiger partial charge in [-0.3, -0.25) is 0 Å². The molecule has 2 aromatic carbocycles. The van der Waals surface area contributed by atoms with Crippen LogP contribution in [0.25, 0.3) is 10.8 Å². The van der Waals surface area contributed by atoms with Crippen molar-refractivity contribution in [2.24, 2.45) is 0 Å². The molecule has 2 aliphatic heterocycles. The van der Waals surface area contributed by atoms with E-state index < -0.39 is 15.7 Å². The minimum atomic E-state index is -3.36. The second kappa shape index (κ2) is 11.3. The van der Waals surface area contributed by atoms with Gasteiger partial charge < -0.3 is 19.4 Å². The molecule has 0 spiro atoms. The molecule has 0 aliphatic carbocycles. The average molecular weight is 574 g/mol. The molecule has 0 amide bonds. The van der Waals surface area contributed by atoms with Crippen molar-refractivity contribution < 1.29 is 17.5 Å². The minimum Gasteiger partial charge on any atom is -0.462 e. The largest absolute Gasteiger partial charge is 0.462 e. The molecule has 8 nitrogen and oxygen atoms in total. The summed E-state index contributed by atoms with van der Waals surface area (Å²) in [6.07, 6.45) is 2.81. The summed E-state index contributed by atoms with van der Waals surface area (Å²) in [4.78, 5) is 15.8. The predicted molar refractivity (Wildman–Crippen MR) is 154 cm³/mol. The zero-order valence-corrected chi connectivity index (χ0v) is 23.8. The fraction of sp³-hybridized carbons (Fsp3) is 0.429. The van der Waals surface area contributed by atoms with Crippen molar-refractivity contribution in [3.63, 3.8) is 0 Å². The van der Waals surface area contributed by atoms with E-state index in [2.05, 4.69) is 23.4 Å². The van der Waals surface area contributed by atoms with Crippen molar-refractivity contribution in [2.45, 2.75) is 31.8 Å². The molecular formula is C28H33ClFN5O3S. The molecule has 1 aromatic heterocycles. The lowest BCUT2D eigenvalue weighted by Crippen LogP contribution is -2.35. The number of likely N-dealkylation sites (N-methyl/N-ethyl adjacent to an activating group) is 1. The number of hydrogen-bond donors (Lipinski definition) is 0. The molecule has 2 aliphatic rings. The molecule has 39 heavy (non-hydrogen) atoms. The molecular weight excluding hydrogens is 541 g/mol. The zero-order chi connectivity index (χ0) is 27.7. The second-order valence-electron chi connectivity index (χ2n) is 10.2. The summed E-state index contributed by atoms with van der Waals surface area (Å²) >= 11 is 6.43. The van der Waals surface area contributed by atoms with Crippen molar-refractivity contribution in [3.8, 4) is 6.01 Å². The number of rotatable bonds is 9. The Morgan fingerprint density at radius 3 is 2.82 bits per heavy atom. The van der Waals surface area contributed by atoms with Gasteiger partial charge in [-0.15, -0.1) is 0 Å². The highest BCUT2D eigenvalue weighted by molar-refractivity contribution is 7.94. The number of likely N-dealkylation sites (tertiary alicyclic amines) is 1. The fourth-order valence-corrected chi connectivity index (χ4v) is 6.31.